The van der Waals surface area contributed by atoms with Gasteiger partial charge in [-0.3, -0.25) is 4.79 Å². The quantitative estimate of drug-likeness (QED) is 0.629. The van der Waals surface area contributed by atoms with Gasteiger partial charge in [-0.25, -0.2) is 5.43 Å². The SMILES string of the molecule is CCOc1ccc(/C=N\NC(=O)C2CC2)cc1OC. The highest BCUT2D eigenvalue weighted by Crippen LogP contribution is 2.29. The fourth-order valence-corrected chi connectivity index (χ4v) is 1.65. The van der Waals surface area contributed by atoms with Crippen LogP contribution in [0, 0.1) is 5.92 Å². The van der Waals surface area contributed by atoms with Gasteiger partial charge in [0.2, 0.25) is 5.91 Å². The number of nitrogens with one attached hydrogen (secondary N) is 1. The molecule has 0 spiro atoms. The molecule has 5 heteroatoms. The number of carbonyl (C=O) groups excluding carboxylic acids is 1. The van der Waals surface area contributed by atoms with Gasteiger partial charge in [-0.2, -0.15) is 5.10 Å². The number of carbonyl (C=O) groups is 1. The van der Waals surface area contributed by atoms with E-state index in [2.05, 4.69) is 10.5 Å². The minimum absolute atomic E-state index is 0.00542. The average molecular weight is 262 g/mol. The Morgan fingerprint density at radius 2 is 2.26 bits per heavy atom. The van der Waals surface area contributed by atoms with Crippen molar-refractivity contribution in [2.24, 2.45) is 11.0 Å². The Labute approximate surface area is 112 Å². The maximum absolute atomic E-state index is 11.4. The molecular formula is C14H18N2O3. The van der Waals surface area contributed by atoms with Crippen molar-refractivity contribution in [3.63, 3.8) is 0 Å². The van der Waals surface area contributed by atoms with E-state index < -0.39 is 0 Å². The summed E-state index contributed by atoms with van der Waals surface area (Å²) in [7, 11) is 1.59. The van der Waals surface area contributed by atoms with Crippen LogP contribution in [0.4, 0.5) is 0 Å². The van der Waals surface area contributed by atoms with Crippen molar-refractivity contribution in [3.8, 4) is 11.5 Å². The Hall–Kier alpha value is -2.04. The zero-order chi connectivity index (χ0) is 13.7. The standard InChI is InChI=1S/C14H18N2O3/c1-3-19-12-7-4-10(8-13(12)18-2)9-15-16-14(17)11-5-6-11/h4,7-9,11H,3,5-6H2,1-2H3,(H,16,17)/b15-9-. The fraction of sp³-hybridized carbons (Fsp3) is 0.429. The number of rotatable bonds is 6. The van der Waals surface area contributed by atoms with Crippen LogP contribution < -0.4 is 14.9 Å². The van der Waals surface area contributed by atoms with E-state index in [0.29, 0.717) is 18.1 Å². The molecule has 0 aliphatic heterocycles. The lowest BCUT2D eigenvalue weighted by atomic mass is 10.2. The predicted octanol–water partition coefficient (Wildman–Crippen LogP) is 1.95. The monoisotopic (exact) mass is 262 g/mol. The summed E-state index contributed by atoms with van der Waals surface area (Å²) in [5.41, 5.74) is 3.37. The van der Waals surface area contributed by atoms with Crippen molar-refractivity contribution in [2.75, 3.05) is 13.7 Å². The van der Waals surface area contributed by atoms with E-state index in [1.807, 2.05) is 25.1 Å². The van der Waals surface area contributed by atoms with Gasteiger partial charge in [0.25, 0.3) is 0 Å². The first-order valence-corrected chi connectivity index (χ1v) is 6.38. The van der Waals surface area contributed by atoms with Crippen LogP contribution in [0.3, 0.4) is 0 Å². The molecule has 2 rings (SSSR count). The first-order valence-electron chi connectivity index (χ1n) is 6.38. The first kappa shape index (κ1) is 13.4. The minimum atomic E-state index is -0.00542. The Balaban J connectivity index is 1.99. The number of hydrogen-bond acceptors (Lipinski definition) is 4. The van der Waals surface area contributed by atoms with Gasteiger partial charge in [-0.1, -0.05) is 0 Å². The third kappa shape index (κ3) is 3.71. The lowest BCUT2D eigenvalue weighted by molar-refractivity contribution is -0.122. The van der Waals surface area contributed by atoms with Crippen molar-refractivity contribution in [1.29, 1.82) is 0 Å². The molecule has 0 aromatic heterocycles. The maximum atomic E-state index is 11.4. The van der Waals surface area contributed by atoms with Gasteiger partial charge in [-0.05, 0) is 43.5 Å². The summed E-state index contributed by atoms with van der Waals surface area (Å²) in [5, 5.41) is 3.93. The van der Waals surface area contributed by atoms with Crippen molar-refractivity contribution < 1.29 is 14.3 Å². The zero-order valence-electron chi connectivity index (χ0n) is 11.2. The molecule has 0 heterocycles. The molecule has 1 aliphatic carbocycles. The Kier molecular flexibility index (Phi) is 4.39. The number of amides is 1. The van der Waals surface area contributed by atoms with E-state index in [9.17, 15) is 4.79 Å². The van der Waals surface area contributed by atoms with E-state index in [0.717, 1.165) is 18.4 Å². The number of ether oxygens (including phenoxy) is 2. The molecule has 1 amide bonds. The molecule has 1 saturated carbocycles. The average Bonchev–Trinajstić information content (AvgIpc) is 3.25. The molecule has 1 aromatic rings. The summed E-state index contributed by atoms with van der Waals surface area (Å²) >= 11 is 0. The van der Waals surface area contributed by atoms with Crippen LogP contribution in [0.1, 0.15) is 25.3 Å². The van der Waals surface area contributed by atoms with Crippen molar-refractivity contribution in [1.82, 2.24) is 5.43 Å². The van der Waals surface area contributed by atoms with Gasteiger partial charge in [0.15, 0.2) is 11.5 Å². The molecule has 19 heavy (non-hydrogen) atoms. The molecule has 0 atom stereocenters. The molecule has 1 aromatic carbocycles. The second kappa shape index (κ2) is 6.22. The lowest BCUT2D eigenvalue weighted by Crippen LogP contribution is -2.18. The van der Waals surface area contributed by atoms with E-state index in [1.54, 1.807) is 13.3 Å². The van der Waals surface area contributed by atoms with Crippen LogP contribution in [0.15, 0.2) is 23.3 Å². The summed E-state index contributed by atoms with van der Waals surface area (Å²) in [6.45, 7) is 2.50. The molecule has 0 unspecified atom stereocenters. The molecule has 1 fully saturated rings. The maximum Gasteiger partial charge on any atom is 0.243 e. The number of hydrogen-bond donors (Lipinski definition) is 1. The van der Waals surface area contributed by atoms with Crippen LogP contribution in [-0.2, 0) is 4.79 Å². The third-order valence-electron chi connectivity index (χ3n) is 2.82. The Bertz CT molecular complexity index is 482. The van der Waals surface area contributed by atoms with Crippen LogP contribution in [0.5, 0.6) is 11.5 Å². The normalized spacial score (nSPS) is 14.4. The van der Waals surface area contributed by atoms with E-state index in [-0.39, 0.29) is 11.8 Å². The van der Waals surface area contributed by atoms with E-state index in [1.165, 1.54) is 0 Å². The Morgan fingerprint density at radius 1 is 1.47 bits per heavy atom. The van der Waals surface area contributed by atoms with Gasteiger partial charge in [0.1, 0.15) is 0 Å². The number of benzene rings is 1. The van der Waals surface area contributed by atoms with Crippen molar-refractivity contribution in [2.45, 2.75) is 19.8 Å². The van der Waals surface area contributed by atoms with E-state index in [4.69, 9.17) is 9.47 Å². The molecule has 102 valence electrons. The van der Waals surface area contributed by atoms with Crippen LogP contribution in [0.25, 0.3) is 0 Å². The van der Waals surface area contributed by atoms with Crippen molar-refractivity contribution in [3.05, 3.63) is 23.8 Å². The largest absolute Gasteiger partial charge is 0.493 e. The highest BCUT2D eigenvalue weighted by Gasteiger charge is 2.29. The highest BCUT2D eigenvalue weighted by molar-refractivity contribution is 5.84. The van der Waals surface area contributed by atoms with Gasteiger partial charge >= 0.3 is 0 Å². The predicted molar refractivity (Wildman–Crippen MR) is 72.6 cm³/mol. The van der Waals surface area contributed by atoms with Crippen LogP contribution in [-0.4, -0.2) is 25.8 Å². The minimum Gasteiger partial charge on any atom is -0.493 e. The first-order chi connectivity index (χ1) is 9.24. The van der Waals surface area contributed by atoms with Gasteiger partial charge in [0, 0.05) is 5.92 Å². The summed E-state index contributed by atoms with van der Waals surface area (Å²) in [6, 6.07) is 5.50. The van der Waals surface area contributed by atoms with Gasteiger partial charge in [-0.15, -0.1) is 0 Å². The zero-order valence-corrected chi connectivity index (χ0v) is 11.2. The molecule has 1 aliphatic rings. The molecule has 0 radical (unpaired) electrons. The molecule has 5 nitrogen and oxygen atoms in total. The lowest BCUT2D eigenvalue weighted by Gasteiger charge is -2.09. The van der Waals surface area contributed by atoms with Crippen molar-refractivity contribution >= 4 is 12.1 Å². The Morgan fingerprint density at radius 3 is 2.89 bits per heavy atom. The number of hydrazone groups is 1. The van der Waals surface area contributed by atoms with Gasteiger partial charge < -0.3 is 9.47 Å². The topological polar surface area (TPSA) is 59.9 Å². The van der Waals surface area contributed by atoms with Crippen LogP contribution >= 0.6 is 0 Å². The highest BCUT2D eigenvalue weighted by atomic mass is 16.5. The summed E-state index contributed by atoms with van der Waals surface area (Å²) in [5.74, 6) is 1.50. The summed E-state index contributed by atoms with van der Waals surface area (Å²) < 4.78 is 10.7. The summed E-state index contributed by atoms with van der Waals surface area (Å²) in [6.07, 6.45) is 3.54. The molecular weight excluding hydrogens is 244 g/mol. The van der Waals surface area contributed by atoms with E-state index >= 15 is 0 Å². The number of nitrogens with zero attached hydrogens (tertiary/aromatic N) is 1. The fourth-order valence-electron chi connectivity index (χ4n) is 1.65. The molecule has 0 saturated heterocycles. The third-order valence-corrected chi connectivity index (χ3v) is 2.82. The number of methoxy groups -OCH3 is 1. The van der Waals surface area contributed by atoms with Crippen LogP contribution in [0.2, 0.25) is 0 Å². The second-order valence-corrected chi connectivity index (χ2v) is 4.35. The second-order valence-electron chi connectivity index (χ2n) is 4.35. The summed E-state index contributed by atoms with van der Waals surface area (Å²) in [4.78, 5) is 11.4. The molecule has 1 N–H and O–H groups in total. The molecule has 0 bridgehead atoms. The van der Waals surface area contributed by atoms with Gasteiger partial charge in [0.05, 0.1) is 19.9 Å². The smallest absolute Gasteiger partial charge is 0.243 e.